The summed E-state index contributed by atoms with van der Waals surface area (Å²) in [5.41, 5.74) is 7.28. The van der Waals surface area contributed by atoms with Crippen molar-refractivity contribution >= 4 is 21.4 Å². The van der Waals surface area contributed by atoms with E-state index in [0.29, 0.717) is 24.5 Å². The smallest absolute Gasteiger partial charge is 0.241 e. The number of hydrogen-bond acceptors (Lipinski definition) is 5. The highest BCUT2D eigenvalue weighted by Crippen LogP contribution is 2.20. The van der Waals surface area contributed by atoms with Crippen molar-refractivity contribution in [1.29, 1.82) is 0 Å². The van der Waals surface area contributed by atoms with Crippen LogP contribution in [0.25, 0.3) is 0 Å². The van der Waals surface area contributed by atoms with Crippen molar-refractivity contribution in [2.75, 3.05) is 18.5 Å². The van der Waals surface area contributed by atoms with E-state index in [2.05, 4.69) is 5.32 Å². The Morgan fingerprint density at radius 1 is 1.33 bits per heavy atom. The summed E-state index contributed by atoms with van der Waals surface area (Å²) in [7, 11) is -3.18. The number of anilines is 1. The molecule has 1 atom stereocenters. The van der Waals surface area contributed by atoms with E-state index in [1.165, 1.54) is 0 Å². The minimum atomic E-state index is -3.18. The largest absolute Gasteiger partial charge is 0.381 e. The van der Waals surface area contributed by atoms with Crippen LogP contribution >= 0.6 is 0 Å². The molecule has 1 aliphatic heterocycles. The molecule has 3 N–H and O–H groups in total. The van der Waals surface area contributed by atoms with Crippen LogP contribution in [0.15, 0.2) is 24.3 Å². The Hall–Kier alpha value is -1.44. The zero-order valence-electron chi connectivity index (χ0n) is 14.2. The standard InChI is InChI=1S/C17H26N2O4S/c1-12(2)24(21,22)11-13-4-3-5-15(10-13)19-17(20)16(18)14-6-8-23-9-7-14/h3-5,10,12,14,16H,6-9,11,18H2,1-2H3,(H,19,20). The van der Waals surface area contributed by atoms with Gasteiger partial charge in [-0.15, -0.1) is 0 Å². The van der Waals surface area contributed by atoms with Gasteiger partial charge in [0.2, 0.25) is 5.91 Å². The van der Waals surface area contributed by atoms with Gasteiger partial charge in [-0.3, -0.25) is 4.79 Å². The minimum absolute atomic E-state index is 0.0413. The highest BCUT2D eigenvalue weighted by Gasteiger charge is 2.26. The van der Waals surface area contributed by atoms with Crippen molar-refractivity contribution in [2.45, 2.75) is 43.7 Å². The molecule has 0 bridgehead atoms. The topological polar surface area (TPSA) is 98.5 Å². The summed E-state index contributed by atoms with van der Waals surface area (Å²) in [6.45, 7) is 4.59. The van der Waals surface area contributed by atoms with E-state index in [1.807, 2.05) is 0 Å². The number of carbonyl (C=O) groups excluding carboxylic acids is 1. The summed E-state index contributed by atoms with van der Waals surface area (Å²) in [5, 5.41) is 2.36. The minimum Gasteiger partial charge on any atom is -0.381 e. The van der Waals surface area contributed by atoms with E-state index in [1.54, 1.807) is 38.1 Å². The molecule has 24 heavy (non-hydrogen) atoms. The Bertz CT molecular complexity index is 667. The number of carbonyl (C=O) groups is 1. The van der Waals surface area contributed by atoms with Gasteiger partial charge in [0.1, 0.15) is 0 Å². The van der Waals surface area contributed by atoms with Crippen molar-refractivity contribution in [2.24, 2.45) is 11.7 Å². The van der Waals surface area contributed by atoms with Gasteiger partial charge >= 0.3 is 0 Å². The zero-order chi connectivity index (χ0) is 17.7. The van der Waals surface area contributed by atoms with Gasteiger partial charge in [0.15, 0.2) is 9.84 Å². The van der Waals surface area contributed by atoms with E-state index in [0.717, 1.165) is 12.8 Å². The third-order valence-electron chi connectivity index (χ3n) is 4.36. The van der Waals surface area contributed by atoms with Crippen molar-refractivity contribution in [1.82, 2.24) is 0 Å². The first kappa shape index (κ1) is 18.9. The van der Waals surface area contributed by atoms with Gasteiger partial charge < -0.3 is 15.8 Å². The maximum Gasteiger partial charge on any atom is 0.241 e. The van der Waals surface area contributed by atoms with Crippen LogP contribution < -0.4 is 11.1 Å². The number of nitrogens with two attached hydrogens (primary N) is 1. The Kier molecular flexibility index (Phi) is 6.37. The van der Waals surface area contributed by atoms with E-state index >= 15 is 0 Å². The first-order valence-corrected chi connectivity index (χ1v) is 9.96. The zero-order valence-corrected chi connectivity index (χ0v) is 15.0. The molecule has 0 radical (unpaired) electrons. The first-order valence-electron chi connectivity index (χ1n) is 8.24. The average molecular weight is 354 g/mol. The summed E-state index contributed by atoms with van der Waals surface area (Å²) < 4.78 is 29.3. The Morgan fingerprint density at radius 2 is 2.00 bits per heavy atom. The summed E-state index contributed by atoms with van der Waals surface area (Å²) in [5.74, 6) is -0.172. The molecule has 1 saturated heterocycles. The molecule has 1 aromatic rings. The van der Waals surface area contributed by atoms with Gasteiger partial charge in [-0.05, 0) is 50.3 Å². The maximum absolute atomic E-state index is 12.3. The van der Waals surface area contributed by atoms with Crippen LogP contribution in [-0.4, -0.2) is 38.8 Å². The van der Waals surface area contributed by atoms with Gasteiger partial charge in [0.25, 0.3) is 0 Å². The SMILES string of the molecule is CC(C)S(=O)(=O)Cc1cccc(NC(=O)C(N)C2CCOCC2)c1. The van der Waals surface area contributed by atoms with Crippen LogP contribution in [0.1, 0.15) is 32.3 Å². The maximum atomic E-state index is 12.3. The van der Waals surface area contributed by atoms with Crippen LogP contribution in [0.3, 0.4) is 0 Å². The van der Waals surface area contributed by atoms with E-state index < -0.39 is 21.1 Å². The third kappa shape index (κ3) is 5.03. The third-order valence-corrected chi connectivity index (χ3v) is 6.53. The molecule has 1 amide bonds. The average Bonchev–Trinajstić information content (AvgIpc) is 2.54. The fraction of sp³-hybridized carbons (Fsp3) is 0.588. The van der Waals surface area contributed by atoms with Gasteiger partial charge in [-0.1, -0.05) is 12.1 Å². The fourth-order valence-corrected chi connectivity index (χ4v) is 3.63. The van der Waals surface area contributed by atoms with Crippen molar-refractivity contribution < 1.29 is 17.9 Å². The summed E-state index contributed by atoms with van der Waals surface area (Å²) in [6, 6.07) is 6.32. The number of hydrogen-bond donors (Lipinski definition) is 2. The predicted octanol–water partition coefficient (Wildman–Crippen LogP) is 1.70. The molecule has 1 unspecified atom stereocenters. The van der Waals surface area contributed by atoms with Crippen LogP contribution in [0, 0.1) is 5.92 Å². The molecule has 0 aromatic heterocycles. The normalized spacial score (nSPS) is 17.7. The molecule has 6 nitrogen and oxygen atoms in total. The van der Waals surface area contributed by atoms with Gasteiger partial charge in [-0.2, -0.15) is 0 Å². The first-order chi connectivity index (χ1) is 11.3. The number of benzene rings is 1. The van der Waals surface area contributed by atoms with Gasteiger partial charge in [-0.25, -0.2) is 8.42 Å². The number of ether oxygens (including phenoxy) is 1. The number of nitrogens with one attached hydrogen (secondary N) is 1. The second-order valence-electron chi connectivity index (χ2n) is 6.52. The molecule has 7 heteroatoms. The van der Waals surface area contributed by atoms with E-state index in [9.17, 15) is 13.2 Å². The molecule has 134 valence electrons. The molecule has 1 aliphatic rings. The molecule has 0 saturated carbocycles. The summed E-state index contributed by atoms with van der Waals surface area (Å²) in [6.07, 6.45) is 1.56. The number of rotatable bonds is 6. The van der Waals surface area contributed by atoms with Crippen LogP contribution in [0.4, 0.5) is 5.69 Å². The number of sulfone groups is 1. The summed E-state index contributed by atoms with van der Waals surface area (Å²) >= 11 is 0. The Labute approximate surface area is 143 Å². The predicted molar refractivity (Wildman–Crippen MR) is 94.3 cm³/mol. The lowest BCUT2D eigenvalue weighted by Gasteiger charge is -2.26. The van der Waals surface area contributed by atoms with Gasteiger partial charge in [0, 0.05) is 18.9 Å². The number of amides is 1. The Balaban J connectivity index is 2.02. The summed E-state index contributed by atoms with van der Waals surface area (Å²) in [4.78, 5) is 12.3. The molecule has 2 rings (SSSR count). The Morgan fingerprint density at radius 3 is 2.62 bits per heavy atom. The monoisotopic (exact) mass is 354 g/mol. The van der Waals surface area contributed by atoms with Crippen molar-refractivity contribution in [3.8, 4) is 0 Å². The van der Waals surface area contributed by atoms with Crippen LogP contribution in [0.2, 0.25) is 0 Å². The lowest BCUT2D eigenvalue weighted by atomic mass is 9.92. The molecule has 1 aromatic carbocycles. The molecular formula is C17H26N2O4S. The van der Waals surface area contributed by atoms with Crippen LogP contribution in [-0.2, 0) is 25.1 Å². The molecule has 1 fully saturated rings. The highest BCUT2D eigenvalue weighted by molar-refractivity contribution is 7.91. The van der Waals surface area contributed by atoms with E-state index in [4.69, 9.17) is 10.5 Å². The second-order valence-corrected chi connectivity index (χ2v) is 9.08. The molecule has 0 aliphatic carbocycles. The molecular weight excluding hydrogens is 328 g/mol. The van der Waals surface area contributed by atoms with Crippen LogP contribution in [0.5, 0.6) is 0 Å². The lowest BCUT2D eigenvalue weighted by Crippen LogP contribution is -2.44. The van der Waals surface area contributed by atoms with E-state index in [-0.39, 0.29) is 17.6 Å². The lowest BCUT2D eigenvalue weighted by molar-refractivity contribution is -0.119. The highest BCUT2D eigenvalue weighted by atomic mass is 32.2. The fourth-order valence-electron chi connectivity index (χ4n) is 2.65. The van der Waals surface area contributed by atoms with Crippen molar-refractivity contribution in [3.63, 3.8) is 0 Å². The quantitative estimate of drug-likeness (QED) is 0.810. The molecule has 0 spiro atoms. The van der Waals surface area contributed by atoms with Crippen molar-refractivity contribution in [3.05, 3.63) is 29.8 Å². The van der Waals surface area contributed by atoms with Gasteiger partial charge in [0.05, 0.1) is 17.0 Å². The second kappa shape index (κ2) is 8.09. The molecule has 1 heterocycles.